The lowest BCUT2D eigenvalue weighted by molar-refractivity contribution is -0.129. The molecule has 1 amide bonds. The van der Waals surface area contributed by atoms with Crippen LogP contribution < -0.4 is 0 Å². The highest BCUT2D eigenvalue weighted by atomic mass is 16.5. The Morgan fingerprint density at radius 1 is 1.31 bits per heavy atom. The molecular formula is C10H15NO2. The molecule has 0 spiro atoms. The zero-order valence-corrected chi connectivity index (χ0v) is 7.90. The minimum absolute atomic E-state index is 0.0707. The molecule has 0 saturated carbocycles. The number of rotatable bonds is 2. The third-order valence-electron chi connectivity index (χ3n) is 1.87. The Kier molecular flexibility index (Phi) is 4.26. The Labute approximate surface area is 78.7 Å². The maximum Gasteiger partial charge on any atom is 0.246 e. The fourth-order valence-electron chi connectivity index (χ4n) is 1.14. The standard InChI is InChI=1S/C10H15NO2/c1-2-3-4-5-10(12)11-6-8-13-9-7-11/h2-5H,6-9H2,1H3/b3-2+,5-4?. The lowest BCUT2D eigenvalue weighted by Gasteiger charge is -2.25. The monoisotopic (exact) mass is 181 g/mol. The number of ether oxygens (including phenoxy) is 1. The molecule has 0 atom stereocenters. The van der Waals surface area contributed by atoms with Crippen LogP contribution in [0.15, 0.2) is 24.3 Å². The smallest absolute Gasteiger partial charge is 0.246 e. The Balaban J connectivity index is 2.37. The number of amides is 1. The Bertz CT molecular complexity index is 215. The number of carbonyl (C=O) groups excluding carboxylic acids is 1. The van der Waals surface area contributed by atoms with Crippen molar-refractivity contribution in [2.24, 2.45) is 0 Å². The predicted molar refractivity (Wildman–Crippen MR) is 51.4 cm³/mol. The molecule has 0 unspecified atom stereocenters. The summed E-state index contributed by atoms with van der Waals surface area (Å²) in [7, 11) is 0. The zero-order chi connectivity index (χ0) is 9.52. The van der Waals surface area contributed by atoms with Crippen molar-refractivity contribution < 1.29 is 9.53 Å². The van der Waals surface area contributed by atoms with Crippen molar-refractivity contribution >= 4 is 5.91 Å². The maximum atomic E-state index is 11.4. The van der Waals surface area contributed by atoms with Crippen molar-refractivity contribution in [1.82, 2.24) is 4.90 Å². The van der Waals surface area contributed by atoms with Gasteiger partial charge in [-0.2, -0.15) is 0 Å². The van der Waals surface area contributed by atoms with Crippen LogP contribution in [-0.4, -0.2) is 37.1 Å². The highest BCUT2D eigenvalue weighted by molar-refractivity contribution is 5.87. The molecule has 72 valence electrons. The lowest BCUT2D eigenvalue weighted by atomic mass is 10.3. The van der Waals surface area contributed by atoms with Crippen LogP contribution in [0.25, 0.3) is 0 Å². The van der Waals surface area contributed by atoms with Gasteiger partial charge in [0, 0.05) is 19.2 Å². The van der Waals surface area contributed by atoms with Crippen LogP contribution in [0.5, 0.6) is 0 Å². The van der Waals surface area contributed by atoms with Gasteiger partial charge in [0.15, 0.2) is 0 Å². The first-order chi connectivity index (χ1) is 6.34. The third kappa shape index (κ3) is 3.42. The van der Waals surface area contributed by atoms with Gasteiger partial charge in [-0.15, -0.1) is 0 Å². The van der Waals surface area contributed by atoms with Gasteiger partial charge in [0.2, 0.25) is 5.91 Å². The first-order valence-corrected chi connectivity index (χ1v) is 4.50. The van der Waals surface area contributed by atoms with E-state index < -0.39 is 0 Å². The quantitative estimate of drug-likeness (QED) is 0.469. The second-order valence-corrected chi connectivity index (χ2v) is 2.82. The van der Waals surface area contributed by atoms with Crippen molar-refractivity contribution in [3.8, 4) is 0 Å². The summed E-state index contributed by atoms with van der Waals surface area (Å²) in [4.78, 5) is 13.2. The second kappa shape index (κ2) is 5.54. The summed E-state index contributed by atoms with van der Waals surface area (Å²) in [6.45, 7) is 4.65. The van der Waals surface area contributed by atoms with Gasteiger partial charge >= 0.3 is 0 Å². The molecule has 1 aliphatic rings. The van der Waals surface area contributed by atoms with E-state index in [1.807, 2.05) is 19.1 Å². The van der Waals surface area contributed by atoms with Crippen LogP contribution >= 0.6 is 0 Å². The minimum Gasteiger partial charge on any atom is -0.378 e. The molecule has 0 aromatic carbocycles. The van der Waals surface area contributed by atoms with Gasteiger partial charge in [0.25, 0.3) is 0 Å². The summed E-state index contributed by atoms with van der Waals surface area (Å²) in [5, 5.41) is 0. The molecular weight excluding hydrogens is 166 g/mol. The van der Waals surface area contributed by atoms with Gasteiger partial charge in [-0.25, -0.2) is 0 Å². The number of allylic oxidation sites excluding steroid dienone is 3. The van der Waals surface area contributed by atoms with Crippen LogP contribution in [0.4, 0.5) is 0 Å². The van der Waals surface area contributed by atoms with E-state index in [1.165, 1.54) is 0 Å². The van der Waals surface area contributed by atoms with Crippen molar-refractivity contribution in [2.75, 3.05) is 26.3 Å². The number of carbonyl (C=O) groups is 1. The number of nitrogens with zero attached hydrogens (tertiary/aromatic N) is 1. The Hall–Kier alpha value is -1.09. The molecule has 3 nitrogen and oxygen atoms in total. The van der Waals surface area contributed by atoms with Crippen molar-refractivity contribution in [3.63, 3.8) is 0 Å². The van der Waals surface area contributed by atoms with Crippen LogP contribution in [0.1, 0.15) is 6.92 Å². The second-order valence-electron chi connectivity index (χ2n) is 2.82. The van der Waals surface area contributed by atoms with E-state index in [1.54, 1.807) is 17.1 Å². The largest absolute Gasteiger partial charge is 0.378 e. The van der Waals surface area contributed by atoms with Gasteiger partial charge in [-0.3, -0.25) is 4.79 Å². The molecule has 0 aromatic rings. The zero-order valence-electron chi connectivity index (χ0n) is 7.90. The van der Waals surface area contributed by atoms with Crippen molar-refractivity contribution in [1.29, 1.82) is 0 Å². The van der Waals surface area contributed by atoms with E-state index in [0.717, 1.165) is 0 Å². The van der Waals surface area contributed by atoms with Gasteiger partial charge in [0.05, 0.1) is 13.2 Å². The maximum absolute atomic E-state index is 11.4. The summed E-state index contributed by atoms with van der Waals surface area (Å²) in [5.41, 5.74) is 0. The van der Waals surface area contributed by atoms with Gasteiger partial charge in [-0.05, 0) is 6.92 Å². The van der Waals surface area contributed by atoms with Gasteiger partial charge < -0.3 is 9.64 Å². The van der Waals surface area contributed by atoms with E-state index in [2.05, 4.69) is 0 Å². The van der Waals surface area contributed by atoms with E-state index >= 15 is 0 Å². The van der Waals surface area contributed by atoms with Crippen LogP contribution in [-0.2, 0) is 9.53 Å². The molecule has 0 radical (unpaired) electrons. The van der Waals surface area contributed by atoms with E-state index in [4.69, 9.17) is 4.74 Å². The molecule has 1 saturated heterocycles. The fourth-order valence-corrected chi connectivity index (χ4v) is 1.14. The van der Waals surface area contributed by atoms with Crippen LogP contribution in [0, 0.1) is 0 Å². The van der Waals surface area contributed by atoms with Crippen LogP contribution in [0.3, 0.4) is 0 Å². The summed E-state index contributed by atoms with van der Waals surface area (Å²) < 4.78 is 5.14. The first kappa shape index (κ1) is 9.99. The molecule has 1 aliphatic heterocycles. The normalized spacial score (nSPS) is 18.7. The SMILES string of the molecule is C/C=C/C=CC(=O)N1CCOCC1. The Morgan fingerprint density at radius 2 is 2.00 bits per heavy atom. The molecule has 0 aromatic heterocycles. The lowest BCUT2D eigenvalue weighted by Crippen LogP contribution is -2.39. The summed E-state index contributed by atoms with van der Waals surface area (Å²) in [5.74, 6) is 0.0707. The minimum atomic E-state index is 0.0707. The van der Waals surface area contributed by atoms with Crippen LogP contribution in [0.2, 0.25) is 0 Å². The average molecular weight is 181 g/mol. The predicted octanol–water partition coefficient (Wildman–Crippen LogP) is 0.978. The van der Waals surface area contributed by atoms with E-state index in [0.29, 0.717) is 26.3 Å². The van der Waals surface area contributed by atoms with E-state index in [-0.39, 0.29) is 5.91 Å². The van der Waals surface area contributed by atoms with Crippen molar-refractivity contribution in [3.05, 3.63) is 24.3 Å². The molecule has 3 heteroatoms. The molecule has 1 heterocycles. The molecule has 13 heavy (non-hydrogen) atoms. The topological polar surface area (TPSA) is 29.5 Å². The third-order valence-corrected chi connectivity index (χ3v) is 1.87. The molecule has 0 bridgehead atoms. The molecule has 0 N–H and O–H groups in total. The fraction of sp³-hybridized carbons (Fsp3) is 0.500. The van der Waals surface area contributed by atoms with E-state index in [9.17, 15) is 4.79 Å². The van der Waals surface area contributed by atoms with Gasteiger partial charge in [-0.1, -0.05) is 18.2 Å². The van der Waals surface area contributed by atoms with Gasteiger partial charge in [0.1, 0.15) is 0 Å². The number of hydrogen-bond donors (Lipinski definition) is 0. The summed E-state index contributed by atoms with van der Waals surface area (Å²) >= 11 is 0. The molecule has 1 rings (SSSR count). The summed E-state index contributed by atoms with van der Waals surface area (Å²) in [6.07, 6.45) is 7.09. The average Bonchev–Trinajstić information content (AvgIpc) is 2.19. The summed E-state index contributed by atoms with van der Waals surface area (Å²) in [6, 6.07) is 0. The molecule has 1 fully saturated rings. The highest BCUT2D eigenvalue weighted by Crippen LogP contribution is 1.98. The first-order valence-electron chi connectivity index (χ1n) is 4.50. The number of hydrogen-bond acceptors (Lipinski definition) is 2. The highest BCUT2D eigenvalue weighted by Gasteiger charge is 2.13. The Morgan fingerprint density at radius 3 is 2.62 bits per heavy atom. The number of morpholine rings is 1. The van der Waals surface area contributed by atoms with Crippen molar-refractivity contribution in [2.45, 2.75) is 6.92 Å². The molecule has 0 aliphatic carbocycles.